The van der Waals surface area contributed by atoms with Crippen LogP contribution in [0.25, 0.3) is 0 Å². The van der Waals surface area contributed by atoms with Gasteiger partial charge >= 0.3 is 5.69 Å². The SMILES string of the molecule is Nc1ccn([C@@H]2O[C@H](COP(=O)([O-])O[C@@H](c3cccc(Oc4ccccc4)c3)P(=O)([O-])[O-])[C@@H](O)[C@H]2O)c(=O)n1. The van der Waals surface area contributed by atoms with Crippen molar-refractivity contribution < 1.29 is 52.5 Å². The standard InChI is InChI=1S/C22H25N3O12P2/c23-17-9-10-25(22(28)24-17)20-19(27)18(26)16(36-20)12-34-39(32,33)37-21(38(29,30)31)13-5-4-8-15(11-13)35-14-6-2-1-3-7-14/h1-11,16,18-21,26-27H,12H2,(H,32,33)(H2,23,24,28)(H2,29,30,31)/p-3/t16-,18-,19-,20-,21-/m1/s1. The fourth-order valence-corrected chi connectivity index (χ4v) is 5.78. The fourth-order valence-electron chi connectivity index (χ4n) is 3.69. The zero-order valence-corrected chi connectivity index (χ0v) is 21.6. The number of aromatic nitrogens is 2. The van der Waals surface area contributed by atoms with Crippen LogP contribution in [0.4, 0.5) is 5.82 Å². The van der Waals surface area contributed by atoms with Crippen LogP contribution in [-0.4, -0.2) is 44.7 Å². The van der Waals surface area contributed by atoms with Gasteiger partial charge in [0.2, 0.25) is 0 Å². The first kappa shape index (κ1) is 29.1. The van der Waals surface area contributed by atoms with Gasteiger partial charge in [-0.1, -0.05) is 30.3 Å². The second-order valence-corrected chi connectivity index (χ2v) is 11.2. The molecule has 0 amide bonds. The highest BCUT2D eigenvalue weighted by Gasteiger charge is 2.44. The molecule has 15 nitrogen and oxygen atoms in total. The molecule has 6 atom stereocenters. The number of phosphoric acid groups is 1. The van der Waals surface area contributed by atoms with Crippen molar-refractivity contribution in [2.75, 3.05) is 12.3 Å². The largest absolute Gasteiger partial charge is 0.809 e. The van der Waals surface area contributed by atoms with Gasteiger partial charge in [-0.15, -0.1) is 0 Å². The van der Waals surface area contributed by atoms with Crippen LogP contribution in [0.1, 0.15) is 17.6 Å². The summed E-state index contributed by atoms with van der Waals surface area (Å²) >= 11 is 0. The molecule has 17 heteroatoms. The molecule has 1 aliphatic rings. The van der Waals surface area contributed by atoms with Crippen molar-refractivity contribution in [3.8, 4) is 11.5 Å². The molecule has 1 aliphatic heterocycles. The number of aliphatic hydroxyl groups excluding tert-OH is 2. The lowest BCUT2D eigenvalue weighted by Gasteiger charge is -2.41. The highest BCUT2D eigenvalue weighted by atomic mass is 31.2. The first-order valence-corrected chi connectivity index (χ1v) is 14.3. The van der Waals surface area contributed by atoms with Gasteiger partial charge in [-0.2, -0.15) is 4.98 Å². The third-order valence-corrected chi connectivity index (χ3v) is 7.58. The van der Waals surface area contributed by atoms with E-state index in [1.165, 1.54) is 18.2 Å². The summed E-state index contributed by atoms with van der Waals surface area (Å²) < 4.78 is 45.5. The number of ether oxygens (including phenoxy) is 2. The minimum atomic E-state index is -5.73. The summed E-state index contributed by atoms with van der Waals surface area (Å²) in [5.74, 6) is -2.12. The molecule has 2 aromatic carbocycles. The van der Waals surface area contributed by atoms with E-state index in [1.807, 2.05) is 0 Å². The number of para-hydroxylation sites is 1. The normalized spacial score (nSPS) is 23.7. The van der Waals surface area contributed by atoms with Crippen LogP contribution in [0.2, 0.25) is 0 Å². The van der Waals surface area contributed by atoms with E-state index in [0.29, 0.717) is 5.75 Å². The van der Waals surface area contributed by atoms with Gasteiger partial charge in [0.1, 0.15) is 41.5 Å². The van der Waals surface area contributed by atoms with E-state index >= 15 is 0 Å². The molecule has 0 aliphatic carbocycles. The van der Waals surface area contributed by atoms with Gasteiger partial charge < -0.3 is 53.7 Å². The quantitative estimate of drug-likeness (QED) is 0.252. The predicted molar refractivity (Wildman–Crippen MR) is 127 cm³/mol. The zero-order chi connectivity index (χ0) is 28.4. The number of rotatable bonds is 10. The second kappa shape index (κ2) is 11.7. The molecule has 0 bridgehead atoms. The molecule has 1 saturated heterocycles. The molecule has 1 unspecified atom stereocenters. The molecule has 0 spiro atoms. The smallest absolute Gasteiger partial charge is 0.351 e. The van der Waals surface area contributed by atoms with Crippen LogP contribution in [0, 0.1) is 0 Å². The van der Waals surface area contributed by atoms with E-state index < -0.39 is 58.1 Å². The van der Waals surface area contributed by atoms with E-state index in [9.17, 15) is 38.8 Å². The molecule has 0 radical (unpaired) electrons. The fraction of sp³-hybridized carbons (Fsp3) is 0.273. The lowest BCUT2D eigenvalue weighted by atomic mass is 10.1. The lowest BCUT2D eigenvalue weighted by Crippen LogP contribution is -2.36. The maximum atomic E-state index is 12.5. The van der Waals surface area contributed by atoms with Gasteiger partial charge in [-0.25, -0.2) is 4.79 Å². The average Bonchev–Trinajstić information content (AvgIpc) is 3.15. The zero-order valence-electron chi connectivity index (χ0n) is 19.8. The Morgan fingerprint density at radius 2 is 1.72 bits per heavy atom. The van der Waals surface area contributed by atoms with E-state index in [2.05, 4.69) is 14.0 Å². The summed E-state index contributed by atoms with van der Waals surface area (Å²) in [6.07, 6.45) is -5.25. The maximum absolute atomic E-state index is 12.5. The highest BCUT2D eigenvalue weighted by Crippen LogP contribution is 2.55. The van der Waals surface area contributed by atoms with Crippen molar-refractivity contribution in [3.05, 3.63) is 82.9 Å². The first-order valence-electron chi connectivity index (χ1n) is 11.2. The summed E-state index contributed by atoms with van der Waals surface area (Å²) in [6.45, 7) is -0.960. The lowest BCUT2D eigenvalue weighted by molar-refractivity contribution is -0.324. The molecule has 210 valence electrons. The number of nitrogen functional groups attached to an aromatic ring is 1. The van der Waals surface area contributed by atoms with Crippen molar-refractivity contribution in [2.45, 2.75) is 30.4 Å². The number of hydrogen-bond donors (Lipinski definition) is 3. The Hall–Kier alpha value is -2.94. The van der Waals surface area contributed by atoms with Crippen molar-refractivity contribution in [2.24, 2.45) is 0 Å². The molecule has 1 fully saturated rings. The number of hydrogen-bond acceptors (Lipinski definition) is 14. The van der Waals surface area contributed by atoms with Gasteiger partial charge in [0.25, 0.3) is 7.82 Å². The Labute approximate surface area is 220 Å². The number of anilines is 1. The van der Waals surface area contributed by atoms with E-state index in [4.69, 9.17) is 15.2 Å². The third kappa shape index (κ3) is 7.18. The second-order valence-electron chi connectivity index (χ2n) is 8.32. The Kier molecular flexibility index (Phi) is 8.69. The number of phosphoric ester groups is 1. The average molecular weight is 582 g/mol. The molecule has 2 heterocycles. The number of nitrogens with two attached hydrogens (primary N) is 1. The Morgan fingerprint density at radius 1 is 1.03 bits per heavy atom. The summed E-state index contributed by atoms with van der Waals surface area (Å²) in [5.41, 5.74) is 4.16. The molecule has 4 rings (SSSR count). The summed E-state index contributed by atoms with van der Waals surface area (Å²) in [5, 5.41) is 20.5. The molecule has 39 heavy (non-hydrogen) atoms. The molecule has 1 aromatic heterocycles. The molecule has 4 N–H and O–H groups in total. The van der Waals surface area contributed by atoms with E-state index in [1.54, 1.807) is 30.3 Å². The van der Waals surface area contributed by atoms with Crippen LogP contribution in [0.3, 0.4) is 0 Å². The molecular weight excluding hydrogens is 560 g/mol. The number of aliphatic hydroxyl groups is 2. The monoisotopic (exact) mass is 582 g/mol. The van der Waals surface area contributed by atoms with Crippen LogP contribution >= 0.6 is 15.4 Å². The van der Waals surface area contributed by atoms with Gasteiger partial charge in [-0.05, 0) is 43.5 Å². The summed E-state index contributed by atoms with van der Waals surface area (Å²) in [4.78, 5) is 51.9. The Balaban J connectivity index is 1.46. The van der Waals surface area contributed by atoms with Gasteiger partial charge in [0, 0.05) is 6.20 Å². The van der Waals surface area contributed by atoms with Crippen LogP contribution < -0.4 is 30.8 Å². The Bertz CT molecular complexity index is 1450. The van der Waals surface area contributed by atoms with Crippen molar-refractivity contribution in [3.63, 3.8) is 0 Å². The number of benzene rings is 2. The van der Waals surface area contributed by atoms with Crippen molar-refractivity contribution >= 4 is 21.2 Å². The highest BCUT2D eigenvalue weighted by molar-refractivity contribution is 7.51. The van der Waals surface area contributed by atoms with Gasteiger partial charge in [0.05, 0.1) is 6.61 Å². The van der Waals surface area contributed by atoms with Gasteiger partial charge in [-0.3, -0.25) is 9.13 Å². The molecule has 3 aromatic rings. The Morgan fingerprint density at radius 3 is 2.38 bits per heavy atom. The molecule has 0 saturated carbocycles. The topological polar surface area (TPSA) is 242 Å². The predicted octanol–water partition coefficient (Wildman–Crippen LogP) is -0.649. The summed E-state index contributed by atoms with van der Waals surface area (Å²) in [7, 11) is -11.3. The van der Waals surface area contributed by atoms with E-state index in [0.717, 1.165) is 22.9 Å². The third-order valence-electron chi connectivity index (χ3n) is 5.50. The van der Waals surface area contributed by atoms with Gasteiger partial charge in [0.15, 0.2) is 6.23 Å². The summed E-state index contributed by atoms with van der Waals surface area (Å²) in [6, 6.07) is 14.6. The minimum Gasteiger partial charge on any atom is -0.809 e. The van der Waals surface area contributed by atoms with Crippen LogP contribution in [0.5, 0.6) is 11.5 Å². The van der Waals surface area contributed by atoms with Crippen LogP contribution in [0.15, 0.2) is 71.7 Å². The van der Waals surface area contributed by atoms with Crippen LogP contribution in [-0.2, 0) is 22.9 Å². The van der Waals surface area contributed by atoms with E-state index in [-0.39, 0.29) is 17.1 Å². The maximum Gasteiger partial charge on any atom is 0.351 e. The first-order chi connectivity index (χ1) is 18.3. The molecular formula is C22H22N3O12P2-3. The van der Waals surface area contributed by atoms with Crippen molar-refractivity contribution in [1.29, 1.82) is 0 Å². The number of nitrogens with zero attached hydrogens (tertiary/aromatic N) is 2. The van der Waals surface area contributed by atoms with Crippen molar-refractivity contribution in [1.82, 2.24) is 9.55 Å². The minimum absolute atomic E-state index is 0.0947.